The highest BCUT2D eigenvalue weighted by atomic mass is 16.2. The fourth-order valence-corrected chi connectivity index (χ4v) is 4.20. The molecule has 2 saturated heterocycles. The molecule has 4 aliphatic rings. The lowest BCUT2D eigenvalue weighted by molar-refractivity contribution is -0.148. The largest absolute Gasteiger partial charge is 0.338 e. The van der Waals surface area contributed by atoms with Gasteiger partial charge in [-0.2, -0.15) is 0 Å². The number of fused-ring (bicyclic) bond motifs is 1. The molecule has 0 spiro atoms. The van der Waals surface area contributed by atoms with E-state index in [0.29, 0.717) is 5.69 Å². The van der Waals surface area contributed by atoms with E-state index in [-0.39, 0.29) is 23.8 Å². The first-order valence-electron chi connectivity index (χ1n) is 7.82. The highest BCUT2D eigenvalue weighted by molar-refractivity contribution is 6.24. The predicted octanol–water partition coefficient (Wildman–Crippen LogP) is 1.44. The van der Waals surface area contributed by atoms with E-state index in [2.05, 4.69) is 0 Å². The second-order valence-corrected chi connectivity index (χ2v) is 6.70. The number of anilines is 1. The lowest BCUT2D eigenvalue weighted by atomic mass is 9.70. The van der Waals surface area contributed by atoms with E-state index < -0.39 is 17.8 Å². The van der Waals surface area contributed by atoms with Crippen LogP contribution in [0.25, 0.3) is 0 Å². The Morgan fingerprint density at radius 1 is 0.913 bits per heavy atom. The molecule has 1 aliphatic carbocycles. The smallest absolute Gasteiger partial charge is 0.240 e. The van der Waals surface area contributed by atoms with Crippen molar-refractivity contribution in [3.05, 3.63) is 41.5 Å². The average Bonchev–Trinajstić information content (AvgIpc) is 2.77. The van der Waals surface area contributed by atoms with Crippen molar-refractivity contribution in [2.24, 2.45) is 17.8 Å². The number of hydrogen-bond donors (Lipinski definition) is 0. The molecule has 0 unspecified atom stereocenters. The first-order chi connectivity index (χ1) is 10.9. The predicted molar refractivity (Wildman–Crippen MR) is 84.6 cm³/mol. The third-order valence-corrected chi connectivity index (χ3v) is 5.34. The molecule has 5 rings (SSSR count). The third-order valence-electron chi connectivity index (χ3n) is 5.34. The van der Waals surface area contributed by atoms with Gasteiger partial charge in [-0.25, -0.2) is 4.90 Å². The van der Waals surface area contributed by atoms with Crippen molar-refractivity contribution in [1.82, 2.24) is 4.90 Å². The van der Waals surface area contributed by atoms with Gasteiger partial charge < -0.3 is 4.90 Å². The number of nitrogens with zero attached hydrogens (tertiary/aromatic N) is 2. The summed E-state index contributed by atoms with van der Waals surface area (Å²) < 4.78 is 0. The van der Waals surface area contributed by atoms with Gasteiger partial charge in [-0.05, 0) is 25.5 Å². The minimum Gasteiger partial charge on any atom is -0.338 e. The maximum atomic E-state index is 13.0. The number of amides is 3. The van der Waals surface area contributed by atoms with Crippen LogP contribution in [0, 0.1) is 31.6 Å². The minimum absolute atomic E-state index is 0.0672. The molecule has 5 heteroatoms. The van der Waals surface area contributed by atoms with Gasteiger partial charge in [0.2, 0.25) is 17.7 Å². The number of hydrogen-bond acceptors (Lipinski definition) is 3. The summed E-state index contributed by atoms with van der Waals surface area (Å²) >= 11 is 0. The zero-order valence-corrected chi connectivity index (χ0v) is 13.3. The zero-order chi connectivity index (χ0) is 16.5. The van der Waals surface area contributed by atoms with Gasteiger partial charge in [-0.3, -0.25) is 14.4 Å². The Morgan fingerprint density at radius 3 is 2.30 bits per heavy atom. The molecule has 0 radical (unpaired) electrons. The lowest BCUT2D eigenvalue weighted by Gasteiger charge is -2.44. The van der Waals surface area contributed by atoms with Gasteiger partial charge in [0.15, 0.2) is 0 Å². The highest BCUT2D eigenvalue weighted by Crippen LogP contribution is 2.46. The van der Waals surface area contributed by atoms with Gasteiger partial charge in [-0.1, -0.05) is 29.8 Å². The van der Waals surface area contributed by atoms with E-state index in [1.807, 2.05) is 38.1 Å². The van der Waals surface area contributed by atoms with Crippen LogP contribution >= 0.6 is 0 Å². The van der Waals surface area contributed by atoms with Crippen LogP contribution in [-0.2, 0) is 14.4 Å². The molecule has 23 heavy (non-hydrogen) atoms. The Bertz CT molecular complexity index is 782. The van der Waals surface area contributed by atoms with Crippen LogP contribution in [0.4, 0.5) is 5.69 Å². The molecule has 2 bridgehead atoms. The molecule has 0 aromatic heterocycles. The number of likely N-dealkylation sites (N-methyl/N-ethyl adjacent to an activating group) is 1. The van der Waals surface area contributed by atoms with E-state index in [0.717, 1.165) is 11.1 Å². The van der Waals surface area contributed by atoms with Crippen LogP contribution in [0.2, 0.25) is 0 Å². The summed E-state index contributed by atoms with van der Waals surface area (Å²) in [6.45, 7) is 3.87. The van der Waals surface area contributed by atoms with Gasteiger partial charge >= 0.3 is 0 Å². The maximum Gasteiger partial charge on any atom is 0.240 e. The zero-order valence-electron chi connectivity index (χ0n) is 13.3. The van der Waals surface area contributed by atoms with Gasteiger partial charge in [0.25, 0.3) is 0 Å². The van der Waals surface area contributed by atoms with Crippen LogP contribution in [0.5, 0.6) is 0 Å². The highest BCUT2D eigenvalue weighted by Gasteiger charge is 2.61. The number of piperidine rings is 1. The normalized spacial score (nSPS) is 32.0. The van der Waals surface area contributed by atoms with Gasteiger partial charge in [0, 0.05) is 7.05 Å². The fraction of sp³-hybridized carbons (Fsp3) is 0.389. The Hall–Kier alpha value is -2.43. The van der Waals surface area contributed by atoms with Crippen molar-refractivity contribution in [1.29, 1.82) is 0 Å². The molecule has 1 aromatic carbocycles. The first-order valence-corrected chi connectivity index (χ1v) is 7.82. The topological polar surface area (TPSA) is 57.7 Å². The molecule has 3 aliphatic heterocycles. The van der Waals surface area contributed by atoms with Crippen LogP contribution in [0.1, 0.15) is 11.1 Å². The minimum atomic E-state index is -0.554. The van der Waals surface area contributed by atoms with E-state index in [9.17, 15) is 14.4 Å². The molecule has 0 N–H and O–H groups in total. The average molecular weight is 310 g/mol. The third kappa shape index (κ3) is 1.70. The standard InChI is InChI=1S/C18H18N2O3/c1-9-4-6-12(10(2)8-9)20-17(22)14-11-5-7-13(15(14)18(20)23)19(3)16(11)21/h4-8,11,13-15H,1-3H3/t11-,13-,14+,15-/m0/s1. The molecule has 3 amide bonds. The molecule has 2 fully saturated rings. The molecule has 4 atom stereocenters. The quantitative estimate of drug-likeness (QED) is 0.582. The van der Waals surface area contributed by atoms with Crippen molar-refractivity contribution in [3.8, 4) is 0 Å². The van der Waals surface area contributed by atoms with Crippen LogP contribution in [0.15, 0.2) is 30.4 Å². The summed E-state index contributed by atoms with van der Waals surface area (Å²) in [6.07, 6.45) is 3.69. The Kier molecular flexibility index (Phi) is 2.80. The van der Waals surface area contributed by atoms with Crippen molar-refractivity contribution in [3.63, 3.8) is 0 Å². The molecule has 0 saturated carbocycles. The van der Waals surface area contributed by atoms with E-state index in [1.54, 1.807) is 18.0 Å². The monoisotopic (exact) mass is 310 g/mol. The van der Waals surface area contributed by atoms with E-state index >= 15 is 0 Å². The van der Waals surface area contributed by atoms with Crippen molar-refractivity contribution in [2.75, 3.05) is 11.9 Å². The Labute approximate surface area is 134 Å². The molecule has 3 heterocycles. The summed E-state index contributed by atoms with van der Waals surface area (Å²) in [6, 6.07) is 5.36. The van der Waals surface area contributed by atoms with Crippen LogP contribution in [-0.4, -0.2) is 35.7 Å². The van der Waals surface area contributed by atoms with Gasteiger partial charge in [0.05, 0.1) is 29.5 Å². The number of benzene rings is 1. The fourth-order valence-electron chi connectivity index (χ4n) is 4.20. The second-order valence-electron chi connectivity index (χ2n) is 6.70. The summed E-state index contributed by atoms with van der Waals surface area (Å²) in [5, 5.41) is 0. The van der Waals surface area contributed by atoms with Crippen LogP contribution < -0.4 is 4.90 Å². The van der Waals surface area contributed by atoms with Crippen LogP contribution in [0.3, 0.4) is 0 Å². The lowest BCUT2D eigenvalue weighted by Crippen LogP contribution is -2.57. The summed E-state index contributed by atoms with van der Waals surface area (Å²) in [4.78, 5) is 41.1. The summed E-state index contributed by atoms with van der Waals surface area (Å²) in [5.74, 6) is -2.02. The number of aryl methyl sites for hydroxylation is 2. The summed E-state index contributed by atoms with van der Waals surface area (Å²) in [7, 11) is 1.71. The van der Waals surface area contributed by atoms with E-state index in [1.165, 1.54) is 4.90 Å². The summed E-state index contributed by atoms with van der Waals surface area (Å²) in [5.41, 5.74) is 2.61. The maximum absolute atomic E-state index is 13.0. The molecular formula is C18H18N2O3. The Balaban J connectivity index is 1.81. The number of carbonyl (C=O) groups is 3. The molecule has 5 nitrogen and oxygen atoms in total. The number of carbonyl (C=O) groups excluding carboxylic acids is 3. The van der Waals surface area contributed by atoms with Gasteiger partial charge in [-0.15, -0.1) is 0 Å². The van der Waals surface area contributed by atoms with Gasteiger partial charge in [0.1, 0.15) is 0 Å². The first kappa shape index (κ1) is 14.2. The van der Waals surface area contributed by atoms with Crippen molar-refractivity contribution >= 4 is 23.4 Å². The SMILES string of the molecule is Cc1ccc(N2C(=O)[C@@H]3[C@H](C2=O)[C@@H]2C=C[C@@H]3N(C)C2=O)c(C)c1. The molecule has 1 aromatic rings. The van der Waals surface area contributed by atoms with E-state index in [4.69, 9.17) is 0 Å². The Morgan fingerprint density at radius 2 is 1.61 bits per heavy atom. The van der Waals surface area contributed by atoms with Crippen molar-refractivity contribution < 1.29 is 14.4 Å². The number of rotatable bonds is 1. The van der Waals surface area contributed by atoms with Crippen molar-refractivity contribution in [2.45, 2.75) is 19.9 Å². The molecular weight excluding hydrogens is 292 g/mol. The molecule has 118 valence electrons. The second kappa shape index (κ2) is 4.54. The number of imide groups is 1.